The molecule has 9 heteroatoms. The number of rotatable bonds is 2. The van der Waals surface area contributed by atoms with Crippen LogP contribution in [0.3, 0.4) is 0 Å². The molecule has 1 aromatic carbocycles. The van der Waals surface area contributed by atoms with Crippen LogP contribution >= 0.6 is 0 Å². The zero-order valence-corrected chi connectivity index (χ0v) is 19.9. The molecule has 0 fully saturated rings. The van der Waals surface area contributed by atoms with Crippen molar-refractivity contribution in [1.29, 1.82) is 0 Å². The molecule has 0 spiro atoms. The Morgan fingerprint density at radius 1 is 1.06 bits per heavy atom. The first-order valence-electron chi connectivity index (χ1n) is 11.7. The van der Waals surface area contributed by atoms with Crippen LogP contribution in [-0.4, -0.2) is 48.7 Å². The standard InChI is InChI=1S/C24H37N5O4/c1-24(2,3)33-23(32)29-21-26-16-12-7-5-4-6-11-15-25-20(30)19(27-22(31)28-21)17-18-13-9-8-10-14-18/h8-10,13-14,19H,4-7,11-12,15-17H2,1-3H3,(H,25,30)(H3,26,27,28,29,31,32)/t19-/m0/s1. The third-order valence-corrected chi connectivity index (χ3v) is 4.91. The minimum atomic E-state index is -0.775. The van der Waals surface area contributed by atoms with Crippen LogP contribution in [0.15, 0.2) is 35.3 Å². The Labute approximate surface area is 196 Å². The van der Waals surface area contributed by atoms with Gasteiger partial charge in [0, 0.05) is 19.5 Å². The zero-order chi connectivity index (χ0) is 24.1. The highest BCUT2D eigenvalue weighted by Crippen LogP contribution is 2.08. The molecule has 4 amide bonds. The van der Waals surface area contributed by atoms with Gasteiger partial charge in [0.05, 0.1) is 0 Å². The molecule has 0 bridgehead atoms. The number of urea groups is 1. The second kappa shape index (κ2) is 13.4. The highest BCUT2D eigenvalue weighted by atomic mass is 16.6. The predicted octanol–water partition coefficient (Wildman–Crippen LogP) is 3.25. The summed E-state index contributed by atoms with van der Waals surface area (Å²) in [4.78, 5) is 42.1. The number of nitrogens with zero attached hydrogens (tertiary/aromatic N) is 1. The second-order valence-corrected chi connectivity index (χ2v) is 9.11. The number of ether oxygens (including phenoxy) is 1. The molecule has 182 valence electrons. The Morgan fingerprint density at radius 3 is 2.42 bits per heavy atom. The molecule has 0 saturated carbocycles. The first-order chi connectivity index (χ1) is 15.7. The number of nitrogens with one attached hydrogen (secondary N) is 4. The maximum Gasteiger partial charge on any atom is 0.414 e. The summed E-state index contributed by atoms with van der Waals surface area (Å²) >= 11 is 0. The number of carbonyl (C=O) groups is 3. The molecule has 4 N–H and O–H groups in total. The zero-order valence-electron chi connectivity index (χ0n) is 19.9. The number of amides is 4. The van der Waals surface area contributed by atoms with E-state index in [9.17, 15) is 14.4 Å². The molecule has 33 heavy (non-hydrogen) atoms. The number of hydrogen-bond donors (Lipinski definition) is 4. The number of carbonyl (C=O) groups excluding carboxylic acids is 3. The van der Waals surface area contributed by atoms with E-state index in [1.54, 1.807) is 20.8 Å². The van der Waals surface area contributed by atoms with E-state index in [4.69, 9.17) is 4.74 Å². The fourth-order valence-electron chi connectivity index (χ4n) is 3.34. The number of hydrogen-bond acceptors (Lipinski definition) is 5. The summed E-state index contributed by atoms with van der Waals surface area (Å²) < 4.78 is 5.27. The summed E-state index contributed by atoms with van der Waals surface area (Å²) in [7, 11) is 0. The van der Waals surface area contributed by atoms with Gasteiger partial charge in [-0.25, -0.2) is 9.59 Å². The van der Waals surface area contributed by atoms with Crippen molar-refractivity contribution in [3.8, 4) is 0 Å². The molecule has 1 aliphatic heterocycles. The van der Waals surface area contributed by atoms with E-state index in [0.717, 1.165) is 44.1 Å². The van der Waals surface area contributed by atoms with Crippen LogP contribution in [0.2, 0.25) is 0 Å². The lowest BCUT2D eigenvalue weighted by molar-refractivity contribution is -0.122. The third kappa shape index (κ3) is 11.4. The topological polar surface area (TPSA) is 121 Å². The highest BCUT2D eigenvalue weighted by Gasteiger charge is 2.23. The van der Waals surface area contributed by atoms with Crippen molar-refractivity contribution in [1.82, 2.24) is 21.3 Å². The lowest BCUT2D eigenvalue weighted by Gasteiger charge is -2.21. The molecule has 1 atom stereocenters. The average Bonchev–Trinajstić information content (AvgIpc) is 2.73. The van der Waals surface area contributed by atoms with Crippen LogP contribution in [0.1, 0.15) is 64.9 Å². The molecule has 0 saturated heterocycles. The molecule has 1 aromatic rings. The Bertz CT molecular complexity index is 805. The second-order valence-electron chi connectivity index (χ2n) is 9.11. The van der Waals surface area contributed by atoms with Gasteiger partial charge in [0.1, 0.15) is 11.6 Å². The quantitative estimate of drug-likeness (QED) is 0.542. The largest absolute Gasteiger partial charge is 0.444 e. The molecular weight excluding hydrogens is 422 g/mol. The summed E-state index contributed by atoms with van der Waals surface area (Å²) in [6, 6.07) is 8.08. The van der Waals surface area contributed by atoms with Crippen molar-refractivity contribution in [2.75, 3.05) is 13.1 Å². The SMILES string of the molecule is CC(C)(C)OC(=O)NC1=NCCCCCCCCNC(=O)[C@H](Cc2ccccc2)NC(=O)N1. The monoisotopic (exact) mass is 459 g/mol. The van der Waals surface area contributed by atoms with E-state index < -0.39 is 23.8 Å². The van der Waals surface area contributed by atoms with E-state index in [0.29, 0.717) is 19.5 Å². The van der Waals surface area contributed by atoms with Crippen molar-refractivity contribution in [2.24, 2.45) is 4.99 Å². The lowest BCUT2D eigenvalue weighted by Crippen LogP contribution is -2.55. The molecule has 0 radical (unpaired) electrons. The first kappa shape index (κ1) is 26.2. The van der Waals surface area contributed by atoms with Crippen LogP contribution in [0.4, 0.5) is 9.59 Å². The van der Waals surface area contributed by atoms with E-state index in [2.05, 4.69) is 26.3 Å². The Kier molecular flexibility index (Phi) is 10.7. The van der Waals surface area contributed by atoms with Gasteiger partial charge in [-0.1, -0.05) is 56.0 Å². The van der Waals surface area contributed by atoms with Gasteiger partial charge in [-0.05, 0) is 39.2 Å². The summed E-state index contributed by atoms with van der Waals surface area (Å²) in [5, 5.41) is 10.7. The predicted molar refractivity (Wildman–Crippen MR) is 128 cm³/mol. The van der Waals surface area contributed by atoms with Gasteiger partial charge in [0.15, 0.2) is 0 Å². The summed E-state index contributed by atoms with van der Waals surface area (Å²) in [5.74, 6) is -0.257. The molecule has 1 aliphatic rings. The van der Waals surface area contributed by atoms with Gasteiger partial charge in [0.2, 0.25) is 11.9 Å². The molecule has 1 heterocycles. The summed E-state index contributed by atoms with van der Waals surface area (Å²) in [6.07, 6.45) is 5.57. The van der Waals surface area contributed by atoms with Crippen molar-refractivity contribution in [2.45, 2.75) is 77.4 Å². The van der Waals surface area contributed by atoms with Gasteiger partial charge in [-0.15, -0.1) is 0 Å². The molecule has 0 unspecified atom stereocenters. The van der Waals surface area contributed by atoms with Gasteiger partial charge >= 0.3 is 12.1 Å². The fraction of sp³-hybridized carbons (Fsp3) is 0.583. The Hall–Kier alpha value is -3.10. The van der Waals surface area contributed by atoms with Crippen LogP contribution in [0, 0.1) is 0 Å². The van der Waals surface area contributed by atoms with Crippen LogP contribution in [0.5, 0.6) is 0 Å². The van der Waals surface area contributed by atoms with Gasteiger partial charge < -0.3 is 15.4 Å². The van der Waals surface area contributed by atoms with Crippen molar-refractivity contribution in [3.63, 3.8) is 0 Å². The number of aliphatic imine (C=N–C) groups is 1. The number of benzene rings is 1. The summed E-state index contributed by atoms with van der Waals surface area (Å²) in [5.41, 5.74) is 0.234. The highest BCUT2D eigenvalue weighted by molar-refractivity contribution is 6.03. The molecule has 0 aliphatic carbocycles. The lowest BCUT2D eigenvalue weighted by atomic mass is 10.1. The van der Waals surface area contributed by atoms with Gasteiger partial charge in [-0.3, -0.25) is 20.4 Å². The fourth-order valence-corrected chi connectivity index (χ4v) is 3.34. The Balaban J connectivity index is 2.13. The minimum Gasteiger partial charge on any atom is -0.444 e. The molecule has 0 aromatic heterocycles. The first-order valence-corrected chi connectivity index (χ1v) is 11.7. The van der Waals surface area contributed by atoms with E-state index in [1.807, 2.05) is 30.3 Å². The van der Waals surface area contributed by atoms with E-state index >= 15 is 0 Å². The summed E-state index contributed by atoms with van der Waals surface area (Å²) in [6.45, 7) is 6.28. The van der Waals surface area contributed by atoms with Crippen molar-refractivity contribution >= 4 is 24.0 Å². The van der Waals surface area contributed by atoms with E-state index in [-0.39, 0.29) is 11.9 Å². The normalized spacial score (nSPS) is 19.4. The maximum absolute atomic E-state index is 12.8. The minimum absolute atomic E-state index is 0.00675. The van der Waals surface area contributed by atoms with E-state index in [1.165, 1.54) is 0 Å². The van der Waals surface area contributed by atoms with Crippen molar-refractivity contribution in [3.05, 3.63) is 35.9 Å². The smallest absolute Gasteiger partial charge is 0.414 e. The molecule has 2 rings (SSSR count). The molecule has 9 nitrogen and oxygen atoms in total. The maximum atomic E-state index is 12.8. The average molecular weight is 460 g/mol. The molecular formula is C24H37N5O4. The third-order valence-electron chi connectivity index (χ3n) is 4.91. The number of alkyl carbamates (subject to hydrolysis) is 1. The van der Waals surface area contributed by atoms with Crippen LogP contribution < -0.4 is 21.3 Å². The van der Waals surface area contributed by atoms with Gasteiger partial charge in [-0.2, -0.15) is 0 Å². The van der Waals surface area contributed by atoms with Crippen LogP contribution in [-0.2, 0) is 16.0 Å². The van der Waals surface area contributed by atoms with Crippen molar-refractivity contribution < 1.29 is 19.1 Å². The van der Waals surface area contributed by atoms with Crippen LogP contribution in [0.25, 0.3) is 0 Å². The van der Waals surface area contributed by atoms with Gasteiger partial charge in [0.25, 0.3) is 0 Å². The Morgan fingerprint density at radius 2 is 1.73 bits per heavy atom. The number of guanidine groups is 1.